The number of cyclic esters (lactones) is 1. The van der Waals surface area contributed by atoms with Crippen molar-refractivity contribution in [3.8, 4) is 0 Å². The van der Waals surface area contributed by atoms with E-state index in [0.717, 1.165) is 11.3 Å². The van der Waals surface area contributed by atoms with Gasteiger partial charge in [0.25, 0.3) is 0 Å². The Labute approximate surface area is 118 Å². The highest BCUT2D eigenvalue weighted by atomic mass is 16.6. The van der Waals surface area contributed by atoms with Gasteiger partial charge in [0.1, 0.15) is 6.61 Å². The van der Waals surface area contributed by atoms with Gasteiger partial charge in [-0.15, -0.1) is 0 Å². The third-order valence-corrected chi connectivity index (χ3v) is 3.33. The quantitative estimate of drug-likeness (QED) is 0.642. The SMILES string of the molecule is CC(C)(CCNCC(=O)N1CCOC1=O)CCC(=O)O. The summed E-state index contributed by atoms with van der Waals surface area (Å²) in [7, 11) is 0. The van der Waals surface area contributed by atoms with Crippen molar-refractivity contribution in [1.82, 2.24) is 10.2 Å². The molecule has 0 unspecified atom stereocenters. The van der Waals surface area contributed by atoms with E-state index in [4.69, 9.17) is 5.11 Å². The summed E-state index contributed by atoms with van der Waals surface area (Å²) >= 11 is 0. The van der Waals surface area contributed by atoms with Crippen LogP contribution < -0.4 is 5.32 Å². The molecule has 7 heteroatoms. The van der Waals surface area contributed by atoms with Gasteiger partial charge in [0, 0.05) is 6.42 Å². The first-order valence-electron chi connectivity index (χ1n) is 6.71. The number of carboxylic acid groups (broad SMARTS) is 1. The van der Waals surface area contributed by atoms with Crippen molar-refractivity contribution in [1.29, 1.82) is 0 Å². The van der Waals surface area contributed by atoms with Crippen molar-refractivity contribution < 1.29 is 24.2 Å². The molecule has 0 aromatic carbocycles. The fourth-order valence-electron chi connectivity index (χ4n) is 1.91. The van der Waals surface area contributed by atoms with Crippen LogP contribution in [-0.2, 0) is 14.3 Å². The zero-order valence-electron chi connectivity index (χ0n) is 12.0. The van der Waals surface area contributed by atoms with E-state index in [1.165, 1.54) is 0 Å². The summed E-state index contributed by atoms with van der Waals surface area (Å²) in [5.74, 6) is -1.09. The van der Waals surface area contributed by atoms with Gasteiger partial charge in [-0.05, 0) is 24.8 Å². The summed E-state index contributed by atoms with van der Waals surface area (Å²) in [5, 5.41) is 11.6. The van der Waals surface area contributed by atoms with Crippen LogP contribution in [-0.4, -0.2) is 54.2 Å². The van der Waals surface area contributed by atoms with E-state index in [0.29, 0.717) is 19.5 Å². The Morgan fingerprint density at radius 1 is 1.40 bits per heavy atom. The molecule has 0 radical (unpaired) electrons. The first kappa shape index (κ1) is 16.4. The Balaban J connectivity index is 2.19. The van der Waals surface area contributed by atoms with Crippen LogP contribution >= 0.6 is 0 Å². The van der Waals surface area contributed by atoms with E-state index in [-0.39, 0.29) is 30.9 Å². The Morgan fingerprint density at radius 2 is 2.10 bits per heavy atom. The van der Waals surface area contributed by atoms with Gasteiger partial charge in [0.05, 0.1) is 13.1 Å². The lowest BCUT2D eigenvalue weighted by Gasteiger charge is -2.24. The predicted octanol–water partition coefficient (Wildman–Crippen LogP) is 0.836. The molecule has 20 heavy (non-hydrogen) atoms. The largest absolute Gasteiger partial charge is 0.481 e. The number of carbonyl (C=O) groups excluding carboxylic acids is 2. The van der Waals surface area contributed by atoms with Crippen molar-refractivity contribution >= 4 is 18.0 Å². The number of rotatable bonds is 8. The lowest BCUT2D eigenvalue weighted by molar-refractivity contribution is -0.137. The third-order valence-electron chi connectivity index (χ3n) is 3.33. The zero-order chi connectivity index (χ0) is 15.2. The molecule has 1 aliphatic heterocycles. The average Bonchev–Trinajstić information content (AvgIpc) is 2.78. The summed E-state index contributed by atoms with van der Waals surface area (Å²) < 4.78 is 4.68. The summed E-state index contributed by atoms with van der Waals surface area (Å²) in [5.41, 5.74) is -0.0962. The molecule has 0 saturated carbocycles. The number of aliphatic carboxylic acids is 1. The Bertz CT molecular complexity index is 381. The molecular weight excluding hydrogens is 264 g/mol. The fourth-order valence-corrected chi connectivity index (χ4v) is 1.91. The van der Waals surface area contributed by atoms with Crippen molar-refractivity contribution in [2.75, 3.05) is 26.2 Å². The predicted molar refractivity (Wildman–Crippen MR) is 71.2 cm³/mol. The van der Waals surface area contributed by atoms with E-state index < -0.39 is 12.1 Å². The van der Waals surface area contributed by atoms with Crippen LogP contribution in [0.3, 0.4) is 0 Å². The number of carboxylic acids is 1. The van der Waals surface area contributed by atoms with Crippen molar-refractivity contribution in [2.45, 2.75) is 33.1 Å². The normalized spacial score (nSPS) is 15.3. The van der Waals surface area contributed by atoms with Crippen LogP contribution in [0.1, 0.15) is 33.1 Å². The van der Waals surface area contributed by atoms with Gasteiger partial charge in [-0.2, -0.15) is 0 Å². The number of nitrogens with zero attached hydrogens (tertiary/aromatic N) is 1. The molecule has 1 heterocycles. The number of amides is 2. The van der Waals surface area contributed by atoms with Gasteiger partial charge in [0.15, 0.2) is 0 Å². The van der Waals surface area contributed by atoms with Crippen LogP contribution in [0.25, 0.3) is 0 Å². The number of hydrogen-bond acceptors (Lipinski definition) is 5. The van der Waals surface area contributed by atoms with Gasteiger partial charge in [-0.25, -0.2) is 9.69 Å². The third kappa shape index (κ3) is 5.56. The average molecular weight is 286 g/mol. The summed E-state index contributed by atoms with van der Waals surface area (Å²) in [6.45, 7) is 5.25. The molecule has 0 spiro atoms. The summed E-state index contributed by atoms with van der Waals surface area (Å²) in [6, 6.07) is 0. The number of hydrogen-bond donors (Lipinski definition) is 2. The lowest BCUT2D eigenvalue weighted by atomic mass is 9.84. The molecule has 0 aromatic rings. The molecule has 1 saturated heterocycles. The minimum absolute atomic E-state index is 0.0874. The Kier molecular flexibility index (Phi) is 5.94. The van der Waals surface area contributed by atoms with Gasteiger partial charge < -0.3 is 15.2 Å². The summed E-state index contributed by atoms with van der Waals surface area (Å²) in [6.07, 6.45) is 0.915. The molecule has 2 N–H and O–H groups in total. The molecular formula is C13H22N2O5. The molecule has 1 fully saturated rings. The highest BCUT2D eigenvalue weighted by Gasteiger charge is 2.27. The van der Waals surface area contributed by atoms with E-state index in [2.05, 4.69) is 10.1 Å². The molecule has 1 rings (SSSR count). The van der Waals surface area contributed by atoms with Gasteiger partial charge >= 0.3 is 12.1 Å². The Hall–Kier alpha value is -1.63. The second kappa shape index (κ2) is 7.23. The molecule has 2 amide bonds. The smallest absolute Gasteiger partial charge is 0.416 e. The molecule has 0 bridgehead atoms. The van der Waals surface area contributed by atoms with Gasteiger partial charge in [-0.1, -0.05) is 13.8 Å². The van der Waals surface area contributed by atoms with Crippen LogP contribution in [0.5, 0.6) is 0 Å². The van der Waals surface area contributed by atoms with Crippen molar-refractivity contribution in [3.05, 3.63) is 0 Å². The highest BCUT2D eigenvalue weighted by molar-refractivity contribution is 5.93. The number of carbonyl (C=O) groups is 3. The zero-order valence-corrected chi connectivity index (χ0v) is 12.0. The van der Waals surface area contributed by atoms with E-state index in [9.17, 15) is 14.4 Å². The van der Waals surface area contributed by atoms with Crippen LogP contribution in [0.2, 0.25) is 0 Å². The maximum absolute atomic E-state index is 11.7. The van der Waals surface area contributed by atoms with Crippen molar-refractivity contribution in [2.24, 2.45) is 5.41 Å². The van der Waals surface area contributed by atoms with Gasteiger partial charge in [0.2, 0.25) is 5.91 Å². The molecule has 0 aromatic heterocycles. The number of imide groups is 1. The minimum Gasteiger partial charge on any atom is -0.481 e. The molecule has 0 aliphatic carbocycles. The highest BCUT2D eigenvalue weighted by Crippen LogP contribution is 2.25. The molecule has 1 aliphatic rings. The first-order valence-corrected chi connectivity index (χ1v) is 6.71. The fraction of sp³-hybridized carbons (Fsp3) is 0.769. The van der Waals surface area contributed by atoms with E-state index >= 15 is 0 Å². The molecule has 7 nitrogen and oxygen atoms in total. The van der Waals surface area contributed by atoms with Gasteiger partial charge in [-0.3, -0.25) is 9.59 Å². The van der Waals surface area contributed by atoms with Crippen LogP contribution in [0.4, 0.5) is 4.79 Å². The summed E-state index contributed by atoms with van der Waals surface area (Å²) in [4.78, 5) is 34.5. The van der Waals surface area contributed by atoms with E-state index in [1.54, 1.807) is 0 Å². The lowest BCUT2D eigenvalue weighted by Crippen LogP contribution is -2.39. The molecule has 0 atom stereocenters. The van der Waals surface area contributed by atoms with Crippen LogP contribution in [0, 0.1) is 5.41 Å². The second-order valence-corrected chi connectivity index (χ2v) is 5.64. The maximum atomic E-state index is 11.7. The van der Waals surface area contributed by atoms with E-state index in [1.807, 2.05) is 13.8 Å². The van der Waals surface area contributed by atoms with Crippen molar-refractivity contribution in [3.63, 3.8) is 0 Å². The number of ether oxygens (including phenoxy) is 1. The standard InChI is InChI=1S/C13H22N2O5/c1-13(2,4-3-11(17)18)5-6-14-9-10(16)15-7-8-20-12(15)19/h14H,3-9H2,1-2H3,(H,17,18). The minimum atomic E-state index is -0.797. The topological polar surface area (TPSA) is 95.9 Å². The molecule has 114 valence electrons. The maximum Gasteiger partial charge on any atom is 0.416 e. The number of nitrogens with one attached hydrogen (secondary N) is 1. The Morgan fingerprint density at radius 3 is 2.65 bits per heavy atom. The van der Waals surface area contributed by atoms with Crippen LogP contribution in [0.15, 0.2) is 0 Å². The first-order chi connectivity index (χ1) is 9.32. The second-order valence-electron chi connectivity index (χ2n) is 5.64. The monoisotopic (exact) mass is 286 g/mol.